The number of hydrogen-bond acceptors (Lipinski definition) is 4. The highest BCUT2D eigenvalue weighted by Crippen LogP contribution is 2.08. The Morgan fingerprint density at radius 2 is 2.22 bits per heavy atom. The van der Waals surface area contributed by atoms with E-state index in [1.165, 1.54) is 25.1 Å². The number of carbonyl (C=O) groups is 1. The Balaban J connectivity index is 2.34. The van der Waals surface area contributed by atoms with Gasteiger partial charge in [-0.3, -0.25) is 4.79 Å². The molecule has 0 aliphatic carbocycles. The highest BCUT2D eigenvalue weighted by atomic mass is 19.1. The first-order valence-electron chi connectivity index (χ1n) is 5.52. The maximum atomic E-state index is 12.8. The molecule has 0 aromatic heterocycles. The summed E-state index contributed by atoms with van der Waals surface area (Å²) in [5.41, 5.74) is -0.894. The van der Waals surface area contributed by atoms with E-state index < -0.39 is 18.0 Å². The Kier molecular flexibility index (Phi) is 5.21. The molecule has 1 atom stereocenters. The largest absolute Gasteiger partial charge is 0.393 e. The molecule has 0 spiro atoms. The van der Waals surface area contributed by atoms with Gasteiger partial charge in [-0.2, -0.15) is 0 Å². The zero-order valence-corrected chi connectivity index (χ0v) is 10.1. The SMILES string of the molecule is CC(O)(CO)CNCC(=O)Nc1cccc(F)c1. The summed E-state index contributed by atoms with van der Waals surface area (Å²) in [5.74, 6) is -0.779. The van der Waals surface area contributed by atoms with E-state index in [2.05, 4.69) is 10.6 Å². The molecule has 1 aromatic carbocycles. The molecule has 0 saturated heterocycles. The van der Waals surface area contributed by atoms with Crippen molar-refractivity contribution < 1.29 is 19.4 Å². The molecule has 0 saturated carbocycles. The highest BCUT2D eigenvalue weighted by Gasteiger charge is 2.18. The molecule has 1 unspecified atom stereocenters. The third kappa shape index (κ3) is 5.22. The van der Waals surface area contributed by atoms with Gasteiger partial charge in [0.05, 0.1) is 18.8 Å². The van der Waals surface area contributed by atoms with Gasteiger partial charge in [0.1, 0.15) is 5.82 Å². The van der Waals surface area contributed by atoms with Crippen LogP contribution in [0.15, 0.2) is 24.3 Å². The zero-order chi connectivity index (χ0) is 13.6. The van der Waals surface area contributed by atoms with Crippen molar-refractivity contribution in [3.8, 4) is 0 Å². The number of aliphatic hydroxyl groups is 2. The van der Waals surface area contributed by atoms with E-state index >= 15 is 0 Å². The van der Waals surface area contributed by atoms with Crippen LogP contribution in [-0.4, -0.2) is 41.4 Å². The molecule has 0 heterocycles. The normalized spacial score (nSPS) is 14.0. The average molecular weight is 256 g/mol. The van der Waals surface area contributed by atoms with Gasteiger partial charge in [-0.25, -0.2) is 4.39 Å². The summed E-state index contributed by atoms with van der Waals surface area (Å²) in [7, 11) is 0. The van der Waals surface area contributed by atoms with Crippen LogP contribution < -0.4 is 10.6 Å². The third-order valence-electron chi connectivity index (χ3n) is 2.24. The van der Waals surface area contributed by atoms with Crippen molar-refractivity contribution in [3.05, 3.63) is 30.1 Å². The van der Waals surface area contributed by atoms with Crippen LogP contribution in [0.25, 0.3) is 0 Å². The first-order chi connectivity index (χ1) is 8.43. The van der Waals surface area contributed by atoms with Crippen molar-refractivity contribution in [1.29, 1.82) is 0 Å². The lowest BCUT2D eigenvalue weighted by Crippen LogP contribution is -2.43. The van der Waals surface area contributed by atoms with E-state index in [0.29, 0.717) is 5.69 Å². The number of hydrogen-bond donors (Lipinski definition) is 4. The molecule has 1 rings (SSSR count). The van der Waals surface area contributed by atoms with Crippen LogP contribution in [0.1, 0.15) is 6.92 Å². The van der Waals surface area contributed by atoms with Crippen LogP contribution in [-0.2, 0) is 4.79 Å². The van der Waals surface area contributed by atoms with Crippen molar-refractivity contribution in [2.45, 2.75) is 12.5 Å². The summed E-state index contributed by atoms with van der Waals surface area (Å²) in [5, 5.41) is 23.5. The van der Waals surface area contributed by atoms with Gasteiger partial charge >= 0.3 is 0 Å². The van der Waals surface area contributed by atoms with Crippen LogP contribution in [0, 0.1) is 5.82 Å². The predicted octanol–water partition coefficient (Wildman–Crippen LogP) is 0.0971. The van der Waals surface area contributed by atoms with Gasteiger partial charge in [-0.05, 0) is 25.1 Å². The monoisotopic (exact) mass is 256 g/mol. The van der Waals surface area contributed by atoms with Gasteiger partial charge in [-0.1, -0.05) is 6.07 Å². The van der Waals surface area contributed by atoms with Crippen molar-refractivity contribution in [2.24, 2.45) is 0 Å². The van der Waals surface area contributed by atoms with Crippen molar-refractivity contribution in [3.63, 3.8) is 0 Å². The standard InChI is InChI=1S/C12H17FN2O3/c1-12(18,8-16)7-14-6-11(17)15-10-4-2-3-9(13)5-10/h2-5,14,16,18H,6-8H2,1H3,(H,15,17). The van der Waals surface area contributed by atoms with E-state index in [-0.39, 0.29) is 19.0 Å². The van der Waals surface area contributed by atoms with Gasteiger partial charge in [0, 0.05) is 12.2 Å². The maximum absolute atomic E-state index is 12.8. The Hall–Kier alpha value is -1.50. The Morgan fingerprint density at radius 1 is 1.50 bits per heavy atom. The van der Waals surface area contributed by atoms with Crippen LogP contribution in [0.2, 0.25) is 0 Å². The maximum Gasteiger partial charge on any atom is 0.238 e. The molecular formula is C12H17FN2O3. The van der Waals surface area contributed by atoms with Gasteiger partial charge in [0.2, 0.25) is 5.91 Å². The molecule has 100 valence electrons. The van der Waals surface area contributed by atoms with E-state index in [1.807, 2.05) is 0 Å². The number of benzene rings is 1. The molecule has 6 heteroatoms. The van der Waals surface area contributed by atoms with Gasteiger partial charge < -0.3 is 20.8 Å². The van der Waals surface area contributed by atoms with Crippen molar-refractivity contribution >= 4 is 11.6 Å². The zero-order valence-electron chi connectivity index (χ0n) is 10.1. The molecule has 0 fully saturated rings. The average Bonchev–Trinajstić information content (AvgIpc) is 2.28. The summed E-state index contributed by atoms with van der Waals surface area (Å²) in [6.07, 6.45) is 0. The van der Waals surface area contributed by atoms with Gasteiger partial charge in [0.15, 0.2) is 0 Å². The molecular weight excluding hydrogens is 239 g/mol. The van der Waals surface area contributed by atoms with E-state index in [4.69, 9.17) is 5.11 Å². The number of carbonyl (C=O) groups excluding carboxylic acids is 1. The molecule has 1 aromatic rings. The first-order valence-corrected chi connectivity index (χ1v) is 5.52. The molecule has 0 bridgehead atoms. The van der Waals surface area contributed by atoms with Crippen LogP contribution in [0.3, 0.4) is 0 Å². The van der Waals surface area contributed by atoms with E-state index in [9.17, 15) is 14.3 Å². The van der Waals surface area contributed by atoms with Gasteiger partial charge in [-0.15, -0.1) is 0 Å². The molecule has 1 amide bonds. The summed E-state index contributed by atoms with van der Waals surface area (Å²) in [6.45, 7) is 1.10. The number of rotatable bonds is 6. The minimum atomic E-state index is -1.26. The van der Waals surface area contributed by atoms with Crippen molar-refractivity contribution in [1.82, 2.24) is 5.32 Å². The molecule has 0 aliphatic rings. The smallest absolute Gasteiger partial charge is 0.238 e. The highest BCUT2D eigenvalue weighted by molar-refractivity contribution is 5.92. The quantitative estimate of drug-likeness (QED) is 0.582. The molecule has 4 N–H and O–H groups in total. The van der Waals surface area contributed by atoms with Crippen molar-refractivity contribution in [2.75, 3.05) is 25.0 Å². The fourth-order valence-electron chi connectivity index (χ4n) is 1.27. The summed E-state index contributed by atoms with van der Waals surface area (Å²) in [6, 6.07) is 5.56. The predicted molar refractivity (Wildman–Crippen MR) is 65.6 cm³/mol. The summed E-state index contributed by atoms with van der Waals surface area (Å²) in [4.78, 5) is 11.5. The number of halogens is 1. The Labute approximate surface area is 105 Å². The Bertz CT molecular complexity index is 410. The summed E-state index contributed by atoms with van der Waals surface area (Å²) < 4.78 is 12.8. The molecule has 18 heavy (non-hydrogen) atoms. The molecule has 0 aliphatic heterocycles. The second-order valence-corrected chi connectivity index (χ2v) is 4.32. The van der Waals surface area contributed by atoms with E-state index in [0.717, 1.165) is 0 Å². The minimum absolute atomic E-state index is 0.0351. The number of aliphatic hydroxyl groups excluding tert-OH is 1. The lowest BCUT2D eigenvalue weighted by molar-refractivity contribution is -0.115. The van der Waals surface area contributed by atoms with E-state index in [1.54, 1.807) is 6.07 Å². The Morgan fingerprint density at radius 3 is 2.83 bits per heavy atom. The second-order valence-electron chi connectivity index (χ2n) is 4.32. The lowest BCUT2D eigenvalue weighted by atomic mass is 10.1. The van der Waals surface area contributed by atoms with Crippen LogP contribution in [0.4, 0.5) is 10.1 Å². The number of anilines is 1. The van der Waals surface area contributed by atoms with Gasteiger partial charge in [0.25, 0.3) is 0 Å². The second kappa shape index (κ2) is 6.44. The van der Waals surface area contributed by atoms with Crippen LogP contribution in [0.5, 0.6) is 0 Å². The fraction of sp³-hybridized carbons (Fsp3) is 0.417. The number of amides is 1. The third-order valence-corrected chi connectivity index (χ3v) is 2.24. The summed E-state index contributed by atoms with van der Waals surface area (Å²) >= 11 is 0. The first kappa shape index (κ1) is 14.6. The topological polar surface area (TPSA) is 81.6 Å². The molecule has 0 radical (unpaired) electrons. The fourth-order valence-corrected chi connectivity index (χ4v) is 1.27. The van der Waals surface area contributed by atoms with Crippen LogP contribution >= 0.6 is 0 Å². The lowest BCUT2D eigenvalue weighted by Gasteiger charge is -2.20. The minimum Gasteiger partial charge on any atom is -0.393 e. The number of nitrogens with one attached hydrogen (secondary N) is 2. The molecule has 5 nitrogen and oxygen atoms in total.